The highest BCUT2D eigenvalue weighted by Gasteiger charge is 2.17. The Bertz CT molecular complexity index is 617. The summed E-state index contributed by atoms with van der Waals surface area (Å²) in [7, 11) is 1.92. The smallest absolute Gasteiger partial charge is 0.241 e. The van der Waals surface area contributed by atoms with E-state index in [0.29, 0.717) is 13.2 Å². The Balaban J connectivity index is 1.78. The molecule has 0 unspecified atom stereocenters. The van der Waals surface area contributed by atoms with Crippen molar-refractivity contribution < 1.29 is 9.53 Å². The molecule has 0 aliphatic carbocycles. The molecule has 1 amide bonds. The van der Waals surface area contributed by atoms with Crippen LogP contribution in [0, 0.1) is 0 Å². The number of carbonyl (C=O) groups is 1. The largest absolute Gasteiger partial charge is 0.492 e. The molecule has 23 heavy (non-hydrogen) atoms. The van der Waals surface area contributed by atoms with Crippen LogP contribution in [0.5, 0.6) is 5.75 Å². The van der Waals surface area contributed by atoms with E-state index in [4.69, 9.17) is 4.74 Å². The molecular formula is C18H21BrN2O2. The van der Waals surface area contributed by atoms with Crippen molar-refractivity contribution in [3.8, 4) is 5.75 Å². The maximum absolute atomic E-state index is 12.3. The lowest BCUT2D eigenvalue weighted by molar-refractivity contribution is -0.120. The lowest BCUT2D eigenvalue weighted by atomic mass is 10.2. The Hall–Kier alpha value is -1.85. The third-order valence-corrected chi connectivity index (χ3v) is 4.14. The molecule has 0 aromatic heterocycles. The molecule has 0 saturated carbocycles. The standard InChI is InChI=1S/C18H21BrN2O2/c1-14(18(22)20-16-10-8-15(19)9-11-16)21(2)12-13-23-17-6-4-3-5-7-17/h3-11,14H,12-13H2,1-2H3,(H,20,22)/t14-/m0/s1. The summed E-state index contributed by atoms with van der Waals surface area (Å²) in [4.78, 5) is 14.2. The third kappa shape index (κ3) is 5.69. The number of likely N-dealkylation sites (N-methyl/N-ethyl adjacent to an activating group) is 1. The SMILES string of the molecule is C[C@@H](C(=O)Nc1ccc(Br)cc1)N(C)CCOc1ccccc1. The molecule has 1 N–H and O–H groups in total. The van der Waals surface area contributed by atoms with Crippen LogP contribution in [-0.2, 0) is 4.79 Å². The number of para-hydroxylation sites is 1. The van der Waals surface area contributed by atoms with E-state index < -0.39 is 0 Å². The molecule has 0 radical (unpaired) electrons. The molecule has 0 fully saturated rings. The fraction of sp³-hybridized carbons (Fsp3) is 0.278. The number of hydrogen-bond donors (Lipinski definition) is 1. The summed E-state index contributed by atoms with van der Waals surface area (Å²) in [6.07, 6.45) is 0. The molecule has 0 heterocycles. The van der Waals surface area contributed by atoms with Crippen molar-refractivity contribution in [2.24, 2.45) is 0 Å². The van der Waals surface area contributed by atoms with E-state index in [1.165, 1.54) is 0 Å². The minimum Gasteiger partial charge on any atom is -0.492 e. The number of nitrogens with zero attached hydrogens (tertiary/aromatic N) is 1. The number of nitrogens with one attached hydrogen (secondary N) is 1. The number of halogens is 1. The van der Waals surface area contributed by atoms with Crippen LogP contribution in [0.25, 0.3) is 0 Å². The predicted molar refractivity (Wildman–Crippen MR) is 96.8 cm³/mol. The molecule has 2 rings (SSSR count). The third-order valence-electron chi connectivity index (χ3n) is 3.61. The van der Waals surface area contributed by atoms with Crippen LogP contribution in [0.15, 0.2) is 59.1 Å². The van der Waals surface area contributed by atoms with Gasteiger partial charge in [0.25, 0.3) is 0 Å². The molecule has 0 bridgehead atoms. The lowest BCUT2D eigenvalue weighted by Crippen LogP contribution is -2.41. The molecule has 1 atom stereocenters. The van der Waals surface area contributed by atoms with Gasteiger partial charge in [0.1, 0.15) is 12.4 Å². The van der Waals surface area contributed by atoms with E-state index in [-0.39, 0.29) is 11.9 Å². The van der Waals surface area contributed by atoms with Crippen molar-refractivity contribution in [3.63, 3.8) is 0 Å². The zero-order valence-corrected chi connectivity index (χ0v) is 14.9. The monoisotopic (exact) mass is 376 g/mol. The van der Waals surface area contributed by atoms with Crippen molar-refractivity contribution in [2.75, 3.05) is 25.5 Å². The summed E-state index contributed by atoms with van der Waals surface area (Å²) < 4.78 is 6.64. The summed E-state index contributed by atoms with van der Waals surface area (Å²) in [6.45, 7) is 3.09. The van der Waals surface area contributed by atoms with Gasteiger partial charge in [0.2, 0.25) is 5.91 Å². The Kier molecular flexibility index (Phi) is 6.62. The maximum atomic E-state index is 12.3. The molecule has 0 spiro atoms. The fourth-order valence-corrected chi connectivity index (χ4v) is 2.26. The average molecular weight is 377 g/mol. The van der Waals surface area contributed by atoms with E-state index in [1.807, 2.05) is 73.5 Å². The summed E-state index contributed by atoms with van der Waals surface area (Å²) in [5, 5.41) is 2.92. The Labute approximate surface area is 145 Å². The van der Waals surface area contributed by atoms with Crippen LogP contribution < -0.4 is 10.1 Å². The van der Waals surface area contributed by atoms with Gasteiger partial charge in [-0.15, -0.1) is 0 Å². The van der Waals surface area contributed by atoms with Gasteiger partial charge < -0.3 is 10.1 Å². The van der Waals surface area contributed by atoms with Crippen molar-refractivity contribution in [1.29, 1.82) is 0 Å². The zero-order chi connectivity index (χ0) is 16.7. The van der Waals surface area contributed by atoms with Gasteiger partial charge in [-0.25, -0.2) is 0 Å². The summed E-state index contributed by atoms with van der Waals surface area (Å²) >= 11 is 3.38. The van der Waals surface area contributed by atoms with Crippen LogP contribution in [0.3, 0.4) is 0 Å². The first kappa shape index (κ1) is 17.5. The number of carbonyl (C=O) groups excluding carboxylic acids is 1. The second kappa shape index (κ2) is 8.70. The Morgan fingerprint density at radius 3 is 2.48 bits per heavy atom. The fourth-order valence-electron chi connectivity index (χ4n) is 2.00. The van der Waals surface area contributed by atoms with Crippen molar-refractivity contribution in [1.82, 2.24) is 4.90 Å². The van der Waals surface area contributed by atoms with Gasteiger partial charge in [0, 0.05) is 16.7 Å². The molecule has 2 aromatic rings. The van der Waals surface area contributed by atoms with Crippen LogP contribution in [0.4, 0.5) is 5.69 Å². The number of ether oxygens (including phenoxy) is 1. The number of hydrogen-bond acceptors (Lipinski definition) is 3. The highest BCUT2D eigenvalue weighted by molar-refractivity contribution is 9.10. The lowest BCUT2D eigenvalue weighted by Gasteiger charge is -2.23. The van der Waals surface area contributed by atoms with E-state index in [0.717, 1.165) is 15.9 Å². The van der Waals surface area contributed by atoms with Crippen LogP contribution >= 0.6 is 15.9 Å². The van der Waals surface area contributed by atoms with E-state index in [9.17, 15) is 4.79 Å². The maximum Gasteiger partial charge on any atom is 0.241 e. The van der Waals surface area contributed by atoms with Gasteiger partial charge in [-0.2, -0.15) is 0 Å². The van der Waals surface area contributed by atoms with E-state index in [2.05, 4.69) is 21.2 Å². The quantitative estimate of drug-likeness (QED) is 0.799. The minimum atomic E-state index is -0.238. The number of rotatable bonds is 7. The highest BCUT2D eigenvalue weighted by atomic mass is 79.9. The van der Waals surface area contributed by atoms with Gasteiger partial charge >= 0.3 is 0 Å². The highest BCUT2D eigenvalue weighted by Crippen LogP contribution is 2.14. The number of benzene rings is 2. The zero-order valence-electron chi connectivity index (χ0n) is 13.3. The second-order valence-corrected chi connectivity index (χ2v) is 6.23. The van der Waals surface area contributed by atoms with Crippen molar-refractivity contribution in [2.45, 2.75) is 13.0 Å². The molecule has 0 saturated heterocycles. The van der Waals surface area contributed by atoms with E-state index in [1.54, 1.807) is 0 Å². The van der Waals surface area contributed by atoms with Gasteiger partial charge in [0.05, 0.1) is 6.04 Å². The topological polar surface area (TPSA) is 41.6 Å². The first-order valence-electron chi connectivity index (χ1n) is 7.51. The van der Waals surface area contributed by atoms with Crippen LogP contribution in [-0.4, -0.2) is 37.0 Å². The molecule has 5 heteroatoms. The average Bonchev–Trinajstić information content (AvgIpc) is 2.57. The van der Waals surface area contributed by atoms with Crippen LogP contribution in [0.1, 0.15) is 6.92 Å². The Morgan fingerprint density at radius 2 is 1.83 bits per heavy atom. The molecule has 0 aliphatic rings. The summed E-state index contributed by atoms with van der Waals surface area (Å²) in [6, 6.07) is 17.0. The number of anilines is 1. The first-order valence-corrected chi connectivity index (χ1v) is 8.30. The van der Waals surface area contributed by atoms with Gasteiger partial charge in [-0.3, -0.25) is 9.69 Å². The summed E-state index contributed by atoms with van der Waals surface area (Å²) in [5.74, 6) is 0.808. The van der Waals surface area contributed by atoms with Crippen molar-refractivity contribution >= 4 is 27.5 Å². The second-order valence-electron chi connectivity index (χ2n) is 5.31. The van der Waals surface area contributed by atoms with E-state index >= 15 is 0 Å². The first-order chi connectivity index (χ1) is 11.1. The van der Waals surface area contributed by atoms with Gasteiger partial charge in [-0.05, 0) is 50.4 Å². The number of amides is 1. The van der Waals surface area contributed by atoms with Gasteiger partial charge in [-0.1, -0.05) is 34.1 Å². The van der Waals surface area contributed by atoms with Crippen LogP contribution in [0.2, 0.25) is 0 Å². The molecule has 2 aromatic carbocycles. The molecular weight excluding hydrogens is 356 g/mol. The predicted octanol–water partition coefficient (Wildman–Crippen LogP) is 3.79. The molecule has 122 valence electrons. The summed E-state index contributed by atoms with van der Waals surface area (Å²) in [5.41, 5.74) is 0.791. The molecule has 0 aliphatic heterocycles. The Morgan fingerprint density at radius 1 is 1.17 bits per heavy atom. The minimum absolute atomic E-state index is 0.0328. The normalized spacial score (nSPS) is 12.0. The van der Waals surface area contributed by atoms with Crippen molar-refractivity contribution in [3.05, 3.63) is 59.1 Å². The molecule has 4 nitrogen and oxygen atoms in total. The van der Waals surface area contributed by atoms with Gasteiger partial charge in [0.15, 0.2) is 0 Å².